The summed E-state index contributed by atoms with van der Waals surface area (Å²) in [4.78, 5) is 14.5. The van der Waals surface area contributed by atoms with Crippen LogP contribution in [-0.2, 0) is 0 Å². The van der Waals surface area contributed by atoms with Crippen molar-refractivity contribution in [3.8, 4) is 5.75 Å². The highest BCUT2D eigenvalue weighted by Crippen LogP contribution is 2.26. The van der Waals surface area contributed by atoms with Crippen LogP contribution in [0.25, 0.3) is 0 Å². The van der Waals surface area contributed by atoms with Gasteiger partial charge in [-0.05, 0) is 56.0 Å². The summed E-state index contributed by atoms with van der Waals surface area (Å²) in [7, 11) is 1.52. The van der Waals surface area contributed by atoms with Gasteiger partial charge in [-0.2, -0.15) is 0 Å². The van der Waals surface area contributed by atoms with Crippen LogP contribution in [0, 0.1) is 18.2 Å². The third kappa shape index (κ3) is 4.27. The largest absolute Gasteiger partial charge is 0.495 e. The van der Waals surface area contributed by atoms with E-state index >= 15 is 0 Å². The monoisotopic (exact) mass is 369 g/mol. The van der Waals surface area contributed by atoms with Crippen molar-refractivity contribution in [2.45, 2.75) is 26.2 Å². The molecule has 0 bridgehead atoms. The number of methoxy groups -OCH3 is 1. The second kappa shape index (κ2) is 8.20. The average Bonchev–Trinajstić information content (AvgIpc) is 2.69. The van der Waals surface area contributed by atoms with Gasteiger partial charge in [0.25, 0.3) is 5.91 Å². The SMILES string of the molecule is COc1cc(C)ccc1NC(=O)c1ccc(C(=N)N2CCCCC2)cc1F. The van der Waals surface area contributed by atoms with Gasteiger partial charge in [-0.25, -0.2) is 4.39 Å². The molecule has 1 heterocycles. The third-order valence-corrected chi connectivity index (χ3v) is 4.76. The highest BCUT2D eigenvalue weighted by Gasteiger charge is 2.19. The van der Waals surface area contributed by atoms with Gasteiger partial charge in [-0.3, -0.25) is 10.2 Å². The van der Waals surface area contributed by atoms with Crippen LogP contribution in [0.4, 0.5) is 10.1 Å². The zero-order valence-electron chi connectivity index (χ0n) is 15.6. The molecule has 142 valence electrons. The van der Waals surface area contributed by atoms with Crippen LogP contribution >= 0.6 is 0 Å². The summed E-state index contributed by atoms with van der Waals surface area (Å²) in [5.41, 5.74) is 1.90. The van der Waals surface area contributed by atoms with Crippen molar-refractivity contribution >= 4 is 17.4 Å². The maximum atomic E-state index is 14.6. The summed E-state index contributed by atoms with van der Waals surface area (Å²) in [6, 6.07) is 9.69. The number of benzene rings is 2. The zero-order valence-corrected chi connectivity index (χ0v) is 15.6. The predicted molar refractivity (Wildman–Crippen MR) is 104 cm³/mol. The number of piperidine rings is 1. The number of hydrogen-bond acceptors (Lipinski definition) is 3. The maximum Gasteiger partial charge on any atom is 0.258 e. The Bertz CT molecular complexity index is 861. The van der Waals surface area contributed by atoms with Crippen LogP contribution in [0.5, 0.6) is 5.75 Å². The molecule has 2 N–H and O–H groups in total. The molecule has 1 saturated heterocycles. The number of rotatable bonds is 4. The van der Waals surface area contributed by atoms with Gasteiger partial charge in [0, 0.05) is 18.7 Å². The molecule has 2 aromatic rings. The summed E-state index contributed by atoms with van der Waals surface area (Å²) in [5, 5.41) is 11.0. The van der Waals surface area contributed by atoms with Crippen molar-refractivity contribution in [3.63, 3.8) is 0 Å². The molecule has 0 radical (unpaired) electrons. The molecular weight excluding hydrogens is 345 g/mol. The molecule has 0 saturated carbocycles. The fourth-order valence-electron chi connectivity index (χ4n) is 3.24. The zero-order chi connectivity index (χ0) is 19.4. The topological polar surface area (TPSA) is 65.4 Å². The first kappa shape index (κ1) is 18.9. The minimum absolute atomic E-state index is 0.0622. The van der Waals surface area contributed by atoms with Crippen LogP contribution in [0.3, 0.4) is 0 Å². The number of carbonyl (C=O) groups is 1. The van der Waals surface area contributed by atoms with Crippen molar-refractivity contribution in [3.05, 3.63) is 58.9 Å². The average molecular weight is 369 g/mol. The molecule has 0 unspecified atom stereocenters. The number of hydrogen-bond donors (Lipinski definition) is 2. The molecule has 6 heteroatoms. The van der Waals surface area contributed by atoms with Crippen LogP contribution in [-0.4, -0.2) is 36.8 Å². The molecule has 3 rings (SSSR count). The Morgan fingerprint density at radius 3 is 2.56 bits per heavy atom. The first-order valence-corrected chi connectivity index (χ1v) is 9.09. The van der Waals surface area contributed by atoms with E-state index in [1.165, 1.54) is 25.7 Å². The summed E-state index contributed by atoms with van der Waals surface area (Å²) in [6.07, 6.45) is 3.26. The highest BCUT2D eigenvalue weighted by molar-refractivity contribution is 6.06. The molecule has 1 aliphatic rings. The Morgan fingerprint density at radius 2 is 1.89 bits per heavy atom. The Hall–Kier alpha value is -2.89. The molecule has 0 aliphatic carbocycles. The van der Waals surface area contributed by atoms with Crippen molar-refractivity contribution in [1.29, 1.82) is 5.41 Å². The van der Waals surface area contributed by atoms with E-state index in [0.717, 1.165) is 31.5 Å². The van der Waals surface area contributed by atoms with E-state index in [-0.39, 0.29) is 5.56 Å². The quantitative estimate of drug-likeness (QED) is 0.627. The van der Waals surface area contributed by atoms with Crippen LogP contribution in [0.1, 0.15) is 40.7 Å². The molecule has 0 spiro atoms. The number of amides is 1. The van der Waals surface area contributed by atoms with Crippen LogP contribution in [0.15, 0.2) is 36.4 Å². The third-order valence-electron chi connectivity index (χ3n) is 4.76. The number of likely N-dealkylation sites (tertiary alicyclic amines) is 1. The Labute approximate surface area is 158 Å². The fraction of sp³-hybridized carbons (Fsp3) is 0.333. The molecule has 1 aliphatic heterocycles. The number of anilines is 1. The summed E-state index contributed by atoms with van der Waals surface area (Å²) >= 11 is 0. The number of amidine groups is 1. The van der Waals surface area contributed by atoms with Gasteiger partial charge in [0.05, 0.1) is 18.4 Å². The fourth-order valence-corrected chi connectivity index (χ4v) is 3.24. The van der Waals surface area contributed by atoms with Gasteiger partial charge in [0.2, 0.25) is 0 Å². The lowest BCUT2D eigenvalue weighted by Crippen LogP contribution is -2.35. The van der Waals surface area contributed by atoms with Crippen LogP contribution in [0.2, 0.25) is 0 Å². The van der Waals surface area contributed by atoms with E-state index in [1.807, 2.05) is 17.9 Å². The number of halogens is 1. The molecule has 0 atom stereocenters. The van der Waals surface area contributed by atoms with Gasteiger partial charge >= 0.3 is 0 Å². The summed E-state index contributed by atoms with van der Waals surface area (Å²) in [6.45, 7) is 3.55. The summed E-state index contributed by atoms with van der Waals surface area (Å²) in [5.74, 6) is -0.364. The minimum atomic E-state index is -0.641. The number of nitrogens with one attached hydrogen (secondary N) is 2. The van der Waals surface area contributed by atoms with Gasteiger partial charge in [0.15, 0.2) is 0 Å². The number of ether oxygens (including phenoxy) is 1. The second-order valence-corrected chi connectivity index (χ2v) is 6.75. The van der Waals surface area contributed by atoms with E-state index in [1.54, 1.807) is 18.2 Å². The van der Waals surface area contributed by atoms with E-state index in [9.17, 15) is 9.18 Å². The molecule has 0 aromatic heterocycles. The van der Waals surface area contributed by atoms with Crippen LogP contribution < -0.4 is 10.1 Å². The van der Waals surface area contributed by atoms with E-state index in [4.69, 9.17) is 10.1 Å². The second-order valence-electron chi connectivity index (χ2n) is 6.75. The maximum absolute atomic E-state index is 14.6. The van der Waals surface area contributed by atoms with Crippen molar-refractivity contribution in [2.24, 2.45) is 0 Å². The first-order valence-electron chi connectivity index (χ1n) is 9.09. The van der Waals surface area contributed by atoms with Gasteiger partial charge in [0.1, 0.15) is 17.4 Å². The number of aryl methyl sites for hydroxylation is 1. The van der Waals surface area contributed by atoms with Crippen molar-refractivity contribution < 1.29 is 13.9 Å². The molecular formula is C21H24FN3O2. The minimum Gasteiger partial charge on any atom is -0.495 e. The lowest BCUT2D eigenvalue weighted by Gasteiger charge is -2.29. The van der Waals surface area contributed by atoms with Gasteiger partial charge < -0.3 is 15.0 Å². The lowest BCUT2D eigenvalue weighted by molar-refractivity contribution is 0.102. The molecule has 5 nitrogen and oxygen atoms in total. The predicted octanol–water partition coefficient (Wildman–Crippen LogP) is 4.21. The Balaban J connectivity index is 1.77. The molecule has 1 fully saturated rings. The normalized spacial score (nSPS) is 14.0. The molecule has 27 heavy (non-hydrogen) atoms. The number of nitrogens with zero attached hydrogens (tertiary/aromatic N) is 1. The highest BCUT2D eigenvalue weighted by atomic mass is 19.1. The molecule has 1 amide bonds. The van der Waals surface area contributed by atoms with Crippen molar-refractivity contribution in [1.82, 2.24) is 4.90 Å². The van der Waals surface area contributed by atoms with E-state index in [0.29, 0.717) is 22.8 Å². The Kier molecular flexibility index (Phi) is 5.74. The Morgan fingerprint density at radius 1 is 1.15 bits per heavy atom. The summed E-state index contributed by atoms with van der Waals surface area (Å²) < 4.78 is 19.8. The van der Waals surface area contributed by atoms with Gasteiger partial charge in [-0.1, -0.05) is 12.1 Å². The standard InChI is InChI=1S/C21H24FN3O2/c1-14-6-9-18(19(12-14)27-2)24-21(26)16-8-7-15(13-17(16)22)20(23)25-10-4-3-5-11-25/h6-9,12-13,23H,3-5,10-11H2,1-2H3,(H,24,26). The first-order chi connectivity index (χ1) is 13.0. The molecule has 2 aromatic carbocycles. The number of carbonyl (C=O) groups excluding carboxylic acids is 1. The van der Waals surface area contributed by atoms with Gasteiger partial charge in [-0.15, -0.1) is 0 Å². The lowest BCUT2D eigenvalue weighted by atomic mass is 10.1. The smallest absolute Gasteiger partial charge is 0.258 e. The van der Waals surface area contributed by atoms with E-state index < -0.39 is 11.7 Å². The van der Waals surface area contributed by atoms with E-state index in [2.05, 4.69) is 5.32 Å². The van der Waals surface area contributed by atoms with Crippen molar-refractivity contribution in [2.75, 3.05) is 25.5 Å².